The molecule has 0 fully saturated rings. The molecule has 1 aliphatic rings. The first-order valence-corrected chi connectivity index (χ1v) is 10.2. The van der Waals surface area contributed by atoms with Crippen molar-refractivity contribution in [3.8, 4) is 23.0 Å². The largest absolute Gasteiger partial charge is 0.490 e. The number of ether oxygens (including phenoxy) is 5. The van der Waals surface area contributed by atoms with Gasteiger partial charge < -0.3 is 28.8 Å². The highest BCUT2D eigenvalue weighted by Gasteiger charge is 2.34. The molecule has 0 aliphatic carbocycles. The summed E-state index contributed by atoms with van der Waals surface area (Å²) in [5, 5.41) is 9.17. The normalized spacial score (nSPS) is 16.3. The molecular weight excluding hydrogens is 388 g/mol. The van der Waals surface area contributed by atoms with Crippen molar-refractivity contribution < 1.29 is 33.6 Å². The van der Waals surface area contributed by atoms with Gasteiger partial charge in [0.2, 0.25) is 0 Å². The molecule has 0 spiro atoms. The Hall–Kier alpha value is -2.93. The maximum absolute atomic E-state index is 11.2. The minimum atomic E-state index is -1.04. The minimum absolute atomic E-state index is 0.123. The van der Waals surface area contributed by atoms with E-state index in [9.17, 15) is 9.90 Å². The average Bonchev–Trinajstić information content (AvgIpc) is 2.75. The molecule has 30 heavy (non-hydrogen) atoms. The highest BCUT2D eigenvalue weighted by molar-refractivity contribution is 5.68. The first-order chi connectivity index (χ1) is 14.6. The first kappa shape index (κ1) is 21.8. The van der Waals surface area contributed by atoms with Gasteiger partial charge in [0, 0.05) is 6.42 Å². The van der Waals surface area contributed by atoms with Crippen LogP contribution in [0.3, 0.4) is 0 Å². The van der Waals surface area contributed by atoms with Gasteiger partial charge in [-0.15, -0.1) is 0 Å². The van der Waals surface area contributed by atoms with Gasteiger partial charge in [0.25, 0.3) is 0 Å². The van der Waals surface area contributed by atoms with E-state index in [-0.39, 0.29) is 13.2 Å². The molecule has 7 nitrogen and oxygen atoms in total. The lowest BCUT2D eigenvalue weighted by Gasteiger charge is -2.33. The first-order valence-electron chi connectivity index (χ1n) is 10.2. The van der Waals surface area contributed by atoms with Gasteiger partial charge in [0.05, 0.1) is 13.2 Å². The van der Waals surface area contributed by atoms with Crippen LogP contribution in [0.15, 0.2) is 48.5 Å². The molecule has 1 N–H and O–H groups in total. The van der Waals surface area contributed by atoms with Crippen LogP contribution in [0.1, 0.15) is 26.2 Å². The SMILES string of the molecule is CCCC1(OCC(=O)O)COc2ccccc2OCCCOc2ccccc2OC1. The van der Waals surface area contributed by atoms with E-state index in [1.54, 1.807) is 0 Å². The Morgan fingerprint density at radius 1 is 0.900 bits per heavy atom. The fourth-order valence-corrected chi connectivity index (χ4v) is 3.23. The molecule has 0 atom stereocenters. The maximum Gasteiger partial charge on any atom is 0.329 e. The van der Waals surface area contributed by atoms with Crippen molar-refractivity contribution >= 4 is 5.97 Å². The predicted molar refractivity (Wildman–Crippen MR) is 111 cm³/mol. The van der Waals surface area contributed by atoms with Crippen molar-refractivity contribution in [1.29, 1.82) is 0 Å². The summed E-state index contributed by atoms with van der Waals surface area (Å²) in [5.74, 6) is 1.36. The van der Waals surface area contributed by atoms with E-state index < -0.39 is 18.2 Å². The molecule has 0 unspecified atom stereocenters. The monoisotopic (exact) mass is 416 g/mol. The summed E-state index contributed by atoms with van der Waals surface area (Å²) < 4.78 is 29.7. The van der Waals surface area contributed by atoms with Crippen LogP contribution in [0, 0.1) is 0 Å². The van der Waals surface area contributed by atoms with Crippen molar-refractivity contribution in [2.45, 2.75) is 31.8 Å². The molecule has 2 aromatic carbocycles. The van der Waals surface area contributed by atoms with Gasteiger partial charge in [0.15, 0.2) is 23.0 Å². The van der Waals surface area contributed by atoms with E-state index in [1.807, 2.05) is 55.5 Å². The second-order valence-corrected chi connectivity index (χ2v) is 7.14. The Morgan fingerprint density at radius 2 is 1.37 bits per heavy atom. The number of benzene rings is 2. The standard InChI is InChI=1S/C23H28O7/c1-2-12-23(30-15-22(24)25)16-28-20-10-5-3-8-18(20)26-13-7-14-27-19-9-4-6-11-21(19)29-17-23/h3-6,8-11H,2,7,12-17H2,1H3,(H,24,25). The summed E-state index contributed by atoms with van der Waals surface area (Å²) in [7, 11) is 0. The van der Waals surface area contributed by atoms with Crippen molar-refractivity contribution in [3.63, 3.8) is 0 Å². The zero-order chi connectivity index (χ0) is 21.2. The van der Waals surface area contributed by atoms with Gasteiger partial charge >= 0.3 is 5.97 Å². The van der Waals surface area contributed by atoms with Crippen LogP contribution in [0.2, 0.25) is 0 Å². The van der Waals surface area contributed by atoms with Gasteiger partial charge in [0.1, 0.15) is 25.4 Å². The van der Waals surface area contributed by atoms with Crippen LogP contribution in [-0.4, -0.2) is 49.7 Å². The van der Waals surface area contributed by atoms with Gasteiger partial charge in [-0.25, -0.2) is 4.79 Å². The molecule has 1 heterocycles. The van der Waals surface area contributed by atoms with E-state index in [0.717, 1.165) is 6.42 Å². The zero-order valence-electron chi connectivity index (χ0n) is 17.2. The fourth-order valence-electron chi connectivity index (χ4n) is 3.23. The number of hydrogen-bond donors (Lipinski definition) is 1. The second kappa shape index (κ2) is 10.7. The molecule has 0 bridgehead atoms. The van der Waals surface area contributed by atoms with E-state index >= 15 is 0 Å². The van der Waals surface area contributed by atoms with Crippen molar-refractivity contribution in [3.05, 3.63) is 48.5 Å². The molecule has 3 rings (SSSR count). The number of rotatable bonds is 5. The van der Waals surface area contributed by atoms with Crippen LogP contribution in [-0.2, 0) is 9.53 Å². The topological polar surface area (TPSA) is 83.5 Å². The Balaban J connectivity index is 1.89. The summed E-state index contributed by atoms with van der Waals surface area (Å²) in [5.41, 5.74) is -0.947. The highest BCUT2D eigenvalue weighted by atomic mass is 16.6. The second-order valence-electron chi connectivity index (χ2n) is 7.14. The molecule has 2 aromatic rings. The van der Waals surface area contributed by atoms with E-state index in [0.29, 0.717) is 49.1 Å². The third-order valence-corrected chi connectivity index (χ3v) is 4.69. The van der Waals surface area contributed by atoms with E-state index in [2.05, 4.69) is 0 Å². The lowest BCUT2D eigenvalue weighted by Crippen LogP contribution is -2.46. The third kappa shape index (κ3) is 6.03. The number of aliphatic carboxylic acids is 1. The predicted octanol–water partition coefficient (Wildman–Crippen LogP) is 3.95. The Labute approximate surface area is 176 Å². The average molecular weight is 416 g/mol. The Kier molecular flexibility index (Phi) is 7.79. The number of para-hydroxylation sites is 4. The van der Waals surface area contributed by atoms with Crippen LogP contribution in [0.4, 0.5) is 0 Å². The Bertz CT molecular complexity index is 767. The zero-order valence-corrected chi connectivity index (χ0v) is 17.2. The molecule has 0 aromatic heterocycles. The summed E-state index contributed by atoms with van der Waals surface area (Å²) in [6.07, 6.45) is 2.03. The molecule has 1 aliphatic heterocycles. The van der Waals surface area contributed by atoms with Gasteiger partial charge in [-0.05, 0) is 30.7 Å². The summed E-state index contributed by atoms with van der Waals surface area (Å²) in [6, 6.07) is 14.8. The number of carboxylic acid groups (broad SMARTS) is 1. The van der Waals surface area contributed by atoms with Crippen LogP contribution < -0.4 is 18.9 Å². The van der Waals surface area contributed by atoms with E-state index in [4.69, 9.17) is 23.7 Å². The quantitative estimate of drug-likeness (QED) is 0.790. The fraction of sp³-hybridized carbons (Fsp3) is 0.435. The van der Waals surface area contributed by atoms with Gasteiger partial charge in [-0.1, -0.05) is 37.6 Å². The molecule has 7 heteroatoms. The molecule has 0 amide bonds. The Morgan fingerprint density at radius 3 is 1.80 bits per heavy atom. The number of fused-ring (bicyclic) bond motifs is 2. The summed E-state index contributed by atoms with van der Waals surface area (Å²) in [6.45, 7) is 2.75. The highest BCUT2D eigenvalue weighted by Crippen LogP contribution is 2.32. The molecule has 0 radical (unpaired) electrons. The maximum atomic E-state index is 11.2. The molecular formula is C23H28O7. The van der Waals surface area contributed by atoms with Gasteiger partial charge in [-0.2, -0.15) is 0 Å². The van der Waals surface area contributed by atoms with Crippen molar-refractivity contribution in [2.24, 2.45) is 0 Å². The van der Waals surface area contributed by atoms with E-state index in [1.165, 1.54) is 0 Å². The van der Waals surface area contributed by atoms with Crippen LogP contribution in [0.25, 0.3) is 0 Å². The molecule has 0 saturated carbocycles. The molecule has 0 saturated heterocycles. The summed E-state index contributed by atoms with van der Waals surface area (Å²) in [4.78, 5) is 11.2. The smallest absolute Gasteiger partial charge is 0.329 e. The lowest BCUT2D eigenvalue weighted by atomic mass is 9.99. The minimum Gasteiger partial charge on any atom is -0.490 e. The number of hydrogen-bond acceptors (Lipinski definition) is 6. The number of carboxylic acids is 1. The molecule has 162 valence electrons. The van der Waals surface area contributed by atoms with Gasteiger partial charge in [-0.3, -0.25) is 0 Å². The lowest BCUT2D eigenvalue weighted by molar-refractivity contribution is -0.156. The van der Waals surface area contributed by atoms with Crippen molar-refractivity contribution in [1.82, 2.24) is 0 Å². The van der Waals surface area contributed by atoms with Crippen LogP contribution >= 0.6 is 0 Å². The number of carbonyl (C=O) groups is 1. The van der Waals surface area contributed by atoms with Crippen LogP contribution in [0.5, 0.6) is 23.0 Å². The van der Waals surface area contributed by atoms with Crippen molar-refractivity contribution in [2.75, 3.05) is 33.0 Å². The third-order valence-electron chi connectivity index (χ3n) is 4.69. The summed E-state index contributed by atoms with van der Waals surface area (Å²) >= 11 is 0.